The van der Waals surface area contributed by atoms with Crippen LogP contribution in [0.3, 0.4) is 0 Å². The molecule has 154 valence electrons. The van der Waals surface area contributed by atoms with Gasteiger partial charge in [-0.25, -0.2) is 0 Å². The highest BCUT2D eigenvalue weighted by atomic mass is 32.2. The van der Waals surface area contributed by atoms with Crippen molar-refractivity contribution >= 4 is 23.4 Å². The molecule has 0 unspecified atom stereocenters. The lowest BCUT2D eigenvalue weighted by Gasteiger charge is -2.30. The quantitative estimate of drug-likeness (QED) is 0.418. The second-order valence-corrected chi connectivity index (χ2v) is 8.30. The van der Waals surface area contributed by atoms with Crippen molar-refractivity contribution in [3.63, 3.8) is 0 Å². The molecule has 2 aromatic carbocycles. The number of ether oxygens (including phenoxy) is 1. The van der Waals surface area contributed by atoms with Gasteiger partial charge in [0.25, 0.3) is 0 Å². The van der Waals surface area contributed by atoms with E-state index in [0.29, 0.717) is 16.7 Å². The highest BCUT2D eigenvalue weighted by Gasteiger charge is 2.34. The number of anilines is 1. The zero-order valence-corrected chi connectivity index (χ0v) is 18.1. The number of aromatic nitrogens is 3. The molecule has 0 spiro atoms. The van der Waals surface area contributed by atoms with Crippen LogP contribution in [0.4, 0.5) is 5.69 Å². The molecule has 1 amide bonds. The zero-order valence-electron chi connectivity index (χ0n) is 17.3. The number of nitrogens with zero attached hydrogens (tertiary/aromatic N) is 4. The lowest BCUT2D eigenvalue weighted by atomic mass is 10.0. The smallest absolute Gasteiger partial charge is 0.247 e. The minimum absolute atomic E-state index is 0.118. The number of thioether (sulfide) groups is 1. The Labute approximate surface area is 180 Å². The molecular formula is C23H24N4O2S. The van der Waals surface area contributed by atoms with Crippen molar-refractivity contribution in [3.05, 3.63) is 59.7 Å². The number of hydrogen-bond donors (Lipinski definition) is 0. The summed E-state index contributed by atoms with van der Waals surface area (Å²) in [5, 5.41) is 9.37. The number of hydrogen-bond acceptors (Lipinski definition) is 6. The monoisotopic (exact) mass is 420 g/mol. The van der Waals surface area contributed by atoms with Crippen LogP contribution in [0.25, 0.3) is 11.3 Å². The van der Waals surface area contributed by atoms with Gasteiger partial charge in [-0.15, -0.1) is 10.2 Å². The number of amides is 1. The van der Waals surface area contributed by atoms with Gasteiger partial charge in [0.1, 0.15) is 0 Å². The number of unbranched alkanes of at least 4 members (excludes halogenated alkanes) is 1. The third-order valence-electron chi connectivity index (χ3n) is 4.91. The molecule has 0 saturated heterocycles. The minimum Gasteiger partial charge on any atom is -0.447 e. The van der Waals surface area contributed by atoms with E-state index in [0.717, 1.165) is 41.0 Å². The van der Waals surface area contributed by atoms with Gasteiger partial charge in [-0.1, -0.05) is 67.1 Å². The number of fused-ring (bicyclic) bond motifs is 3. The molecule has 4 rings (SSSR count). The van der Waals surface area contributed by atoms with Crippen LogP contribution >= 0.6 is 11.8 Å². The normalized spacial score (nSPS) is 15.0. The molecule has 1 aromatic heterocycles. The Morgan fingerprint density at radius 2 is 1.97 bits per heavy atom. The highest BCUT2D eigenvalue weighted by Crippen LogP contribution is 2.43. The van der Waals surface area contributed by atoms with Gasteiger partial charge < -0.3 is 4.74 Å². The van der Waals surface area contributed by atoms with E-state index >= 15 is 0 Å². The lowest BCUT2D eigenvalue weighted by molar-refractivity contribution is -0.118. The maximum absolute atomic E-state index is 12.8. The maximum Gasteiger partial charge on any atom is 0.247 e. The second-order valence-electron chi connectivity index (χ2n) is 7.24. The summed E-state index contributed by atoms with van der Waals surface area (Å²) in [6.45, 7) is 5.71. The predicted octanol–water partition coefficient (Wildman–Crippen LogP) is 5.18. The fraction of sp³-hybridized carbons (Fsp3) is 0.304. The van der Waals surface area contributed by atoms with Crippen LogP contribution in [-0.2, 0) is 4.79 Å². The molecule has 7 heteroatoms. The van der Waals surface area contributed by atoms with Crippen LogP contribution < -0.4 is 9.64 Å². The number of rotatable bonds is 5. The summed E-state index contributed by atoms with van der Waals surface area (Å²) in [4.78, 5) is 19.1. The zero-order chi connectivity index (χ0) is 21.1. The van der Waals surface area contributed by atoms with Gasteiger partial charge in [-0.3, -0.25) is 9.69 Å². The Kier molecular flexibility index (Phi) is 5.99. The largest absolute Gasteiger partial charge is 0.447 e. The third-order valence-corrected chi connectivity index (χ3v) is 5.84. The van der Waals surface area contributed by atoms with Crippen LogP contribution in [0.1, 0.15) is 44.0 Å². The summed E-state index contributed by atoms with van der Waals surface area (Å²) in [5.41, 5.74) is 4.01. The summed E-state index contributed by atoms with van der Waals surface area (Å²) in [6, 6.07) is 15.6. The van der Waals surface area contributed by atoms with Crippen LogP contribution in [0, 0.1) is 6.92 Å². The fourth-order valence-electron chi connectivity index (χ4n) is 3.42. The van der Waals surface area contributed by atoms with E-state index < -0.39 is 6.23 Å². The van der Waals surface area contributed by atoms with E-state index in [2.05, 4.69) is 22.1 Å². The number of carbonyl (C=O) groups is 1. The van der Waals surface area contributed by atoms with Crippen molar-refractivity contribution < 1.29 is 9.53 Å². The van der Waals surface area contributed by atoms with Crippen molar-refractivity contribution in [2.45, 2.75) is 45.0 Å². The first-order chi connectivity index (χ1) is 14.6. The first-order valence-electron chi connectivity index (χ1n) is 10.1. The summed E-state index contributed by atoms with van der Waals surface area (Å²) < 4.78 is 6.36. The fourth-order valence-corrected chi connectivity index (χ4v) is 4.28. The molecule has 0 radical (unpaired) electrons. The molecule has 1 aliphatic heterocycles. The topological polar surface area (TPSA) is 68.2 Å². The average molecular weight is 421 g/mol. The molecule has 1 aliphatic rings. The van der Waals surface area contributed by atoms with Gasteiger partial charge in [-0.2, -0.15) is 4.98 Å². The molecule has 1 atom stereocenters. The van der Waals surface area contributed by atoms with E-state index in [-0.39, 0.29) is 5.91 Å². The average Bonchev–Trinajstić information content (AvgIpc) is 2.88. The Morgan fingerprint density at radius 3 is 2.70 bits per heavy atom. The first kappa shape index (κ1) is 20.3. The Balaban J connectivity index is 1.87. The number of aryl methyl sites for hydroxylation is 1. The SMILES string of the molecule is CCCCSc1nnc2c(n1)O[C@@H](c1ccccc1)N(C(C)=O)c1ccc(C)cc1-2. The molecule has 3 aromatic rings. The highest BCUT2D eigenvalue weighted by molar-refractivity contribution is 7.99. The van der Waals surface area contributed by atoms with Crippen molar-refractivity contribution in [1.29, 1.82) is 0 Å². The molecule has 0 fully saturated rings. The Hall–Kier alpha value is -2.93. The van der Waals surface area contributed by atoms with Gasteiger partial charge in [0, 0.05) is 23.8 Å². The first-order valence-corrected chi connectivity index (χ1v) is 11.1. The summed E-state index contributed by atoms with van der Waals surface area (Å²) in [7, 11) is 0. The third kappa shape index (κ3) is 4.03. The van der Waals surface area contributed by atoms with Gasteiger partial charge >= 0.3 is 0 Å². The van der Waals surface area contributed by atoms with Crippen LogP contribution in [0.15, 0.2) is 53.7 Å². The van der Waals surface area contributed by atoms with Crippen molar-refractivity contribution in [3.8, 4) is 17.1 Å². The standard InChI is InChI=1S/C23H24N4O2S/c1-4-5-13-30-23-24-21-20(25-26-23)18-14-15(2)11-12-19(18)27(16(3)28)22(29-21)17-9-7-6-8-10-17/h6-12,14,22H,4-5,13H2,1-3H3/t22-/m0/s1. The van der Waals surface area contributed by atoms with Crippen molar-refractivity contribution in [2.24, 2.45) is 0 Å². The Bertz CT molecular complexity index is 1060. The van der Waals surface area contributed by atoms with Crippen LogP contribution in [0.2, 0.25) is 0 Å². The number of benzene rings is 2. The molecule has 30 heavy (non-hydrogen) atoms. The van der Waals surface area contributed by atoms with Crippen molar-refractivity contribution in [1.82, 2.24) is 15.2 Å². The van der Waals surface area contributed by atoms with E-state index in [1.807, 2.05) is 55.5 Å². The van der Waals surface area contributed by atoms with Gasteiger partial charge in [-0.05, 0) is 25.5 Å². The summed E-state index contributed by atoms with van der Waals surface area (Å²) in [6.07, 6.45) is 1.55. The van der Waals surface area contributed by atoms with Gasteiger partial charge in [0.15, 0.2) is 5.69 Å². The van der Waals surface area contributed by atoms with Gasteiger partial charge in [0.05, 0.1) is 5.69 Å². The van der Waals surface area contributed by atoms with E-state index in [1.54, 1.807) is 23.6 Å². The molecule has 0 saturated carbocycles. The van der Waals surface area contributed by atoms with E-state index in [1.165, 1.54) is 0 Å². The van der Waals surface area contributed by atoms with E-state index in [4.69, 9.17) is 4.74 Å². The molecule has 0 aliphatic carbocycles. The van der Waals surface area contributed by atoms with E-state index in [9.17, 15) is 4.79 Å². The molecule has 0 N–H and O–H groups in total. The summed E-state index contributed by atoms with van der Waals surface area (Å²) in [5.74, 6) is 1.20. The predicted molar refractivity (Wildman–Crippen MR) is 119 cm³/mol. The molecule has 0 bridgehead atoms. The van der Waals surface area contributed by atoms with Gasteiger partial charge in [0.2, 0.25) is 23.2 Å². The lowest BCUT2D eigenvalue weighted by Crippen LogP contribution is -2.36. The van der Waals surface area contributed by atoms with Crippen LogP contribution in [0.5, 0.6) is 5.88 Å². The number of carbonyl (C=O) groups excluding carboxylic acids is 1. The minimum atomic E-state index is -0.642. The molecule has 2 heterocycles. The maximum atomic E-state index is 12.8. The van der Waals surface area contributed by atoms with Crippen LogP contribution in [-0.4, -0.2) is 26.8 Å². The molecule has 6 nitrogen and oxygen atoms in total. The molecular weight excluding hydrogens is 396 g/mol. The van der Waals surface area contributed by atoms with Crippen molar-refractivity contribution in [2.75, 3.05) is 10.7 Å². The Morgan fingerprint density at radius 1 is 1.17 bits per heavy atom. The second kappa shape index (κ2) is 8.83. The summed E-state index contributed by atoms with van der Waals surface area (Å²) >= 11 is 1.57.